The molecule has 116 valence electrons. The zero-order chi connectivity index (χ0) is 15.3. The number of likely N-dealkylation sites (N-methyl/N-ethyl adjacent to an activating group) is 1. The zero-order valence-electron chi connectivity index (χ0n) is 13.1. The average molecular weight is 300 g/mol. The molecule has 2 aliphatic heterocycles. The van der Waals surface area contributed by atoms with Crippen LogP contribution < -0.4 is 4.74 Å². The third-order valence-electron chi connectivity index (χ3n) is 6.94. The summed E-state index contributed by atoms with van der Waals surface area (Å²) in [7, 11) is 4.65. The van der Waals surface area contributed by atoms with Gasteiger partial charge in [-0.15, -0.1) is 0 Å². The molecule has 0 aromatic heterocycles. The van der Waals surface area contributed by atoms with Crippen molar-refractivity contribution in [3.05, 3.63) is 23.3 Å². The molecule has 2 aliphatic carbocycles. The third kappa shape index (κ3) is 1.23. The number of carbonyl (C=O) groups is 1. The van der Waals surface area contributed by atoms with Gasteiger partial charge < -0.3 is 14.3 Å². The highest BCUT2D eigenvalue weighted by molar-refractivity contribution is 5.89. The van der Waals surface area contributed by atoms with E-state index in [1.54, 1.807) is 6.07 Å². The molecule has 1 N–H and O–H groups in total. The van der Waals surface area contributed by atoms with Crippen LogP contribution in [0.5, 0.6) is 11.5 Å². The van der Waals surface area contributed by atoms with Crippen LogP contribution in [0.2, 0.25) is 0 Å². The van der Waals surface area contributed by atoms with Crippen LogP contribution in [-0.2, 0) is 16.6 Å². The summed E-state index contributed by atoms with van der Waals surface area (Å²) in [5.74, 6) is 1.53. The molecule has 4 heteroatoms. The standard InChI is InChI=1S/C18H21NO3/c1-19(2)8-7-18-11-4-6-14(21)17(18)22-16-13(20)5-3-10(15(16)18)9-12(11)19/h3,5,11-12,17H,4,6-9H2,1-2H3/p+1. The van der Waals surface area contributed by atoms with Crippen molar-refractivity contribution in [3.8, 4) is 11.5 Å². The molecule has 2 fully saturated rings. The summed E-state index contributed by atoms with van der Waals surface area (Å²) in [6.07, 6.45) is 3.25. The minimum absolute atomic E-state index is 0.171. The molecule has 1 saturated heterocycles. The Hall–Kier alpha value is -1.55. The minimum atomic E-state index is -0.364. The molecule has 1 saturated carbocycles. The monoisotopic (exact) mass is 300 g/mol. The molecule has 2 heterocycles. The fraction of sp³-hybridized carbons (Fsp3) is 0.611. The Balaban J connectivity index is 1.83. The highest BCUT2D eigenvalue weighted by atomic mass is 16.5. The lowest BCUT2D eigenvalue weighted by Crippen LogP contribution is -2.70. The number of piperidine rings is 1. The quantitative estimate of drug-likeness (QED) is 0.743. The topological polar surface area (TPSA) is 46.5 Å². The van der Waals surface area contributed by atoms with Gasteiger partial charge in [0.15, 0.2) is 23.4 Å². The molecule has 4 nitrogen and oxygen atoms in total. The summed E-state index contributed by atoms with van der Waals surface area (Å²) >= 11 is 0. The molecule has 0 radical (unpaired) electrons. The predicted octanol–water partition coefficient (Wildman–Crippen LogP) is 1.77. The van der Waals surface area contributed by atoms with Crippen molar-refractivity contribution in [2.75, 3.05) is 20.6 Å². The largest absolute Gasteiger partial charge is 0.504 e. The number of rotatable bonds is 0. The van der Waals surface area contributed by atoms with E-state index in [1.807, 2.05) is 0 Å². The first-order valence-corrected chi connectivity index (χ1v) is 8.32. The number of hydrogen-bond acceptors (Lipinski definition) is 3. The number of likely N-dealkylation sites (tertiary alicyclic amines) is 1. The first kappa shape index (κ1) is 12.9. The number of phenols is 1. The van der Waals surface area contributed by atoms with Gasteiger partial charge in [0.1, 0.15) is 0 Å². The van der Waals surface area contributed by atoms with Crippen molar-refractivity contribution in [2.24, 2.45) is 5.92 Å². The lowest BCUT2D eigenvalue weighted by atomic mass is 9.51. The lowest BCUT2D eigenvalue weighted by Gasteiger charge is -2.59. The number of nitrogens with zero attached hydrogens (tertiary/aromatic N) is 1. The average Bonchev–Trinajstić information content (AvgIpc) is 2.84. The van der Waals surface area contributed by atoms with Crippen LogP contribution in [-0.4, -0.2) is 48.2 Å². The molecule has 4 aliphatic rings. The van der Waals surface area contributed by atoms with Crippen molar-refractivity contribution in [1.29, 1.82) is 0 Å². The van der Waals surface area contributed by atoms with Crippen LogP contribution in [0.1, 0.15) is 30.4 Å². The molecule has 1 aromatic rings. The fourth-order valence-electron chi connectivity index (χ4n) is 5.90. The Bertz CT molecular complexity index is 711. The third-order valence-corrected chi connectivity index (χ3v) is 6.94. The van der Waals surface area contributed by atoms with E-state index in [2.05, 4.69) is 20.2 Å². The maximum absolute atomic E-state index is 12.6. The van der Waals surface area contributed by atoms with Crippen molar-refractivity contribution >= 4 is 5.78 Å². The van der Waals surface area contributed by atoms with Crippen molar-refractivity contribution in [2.45, 2.75) is 43.2 Å². The fourth-order valence-corrected chi connectivity index (χ4v) is 5.90. The Morgan fingerprint density at radius 2 is 2.18 bits per heavy atom. The first-order valence-electron chi connectivity index (χ1n) is 8.32. The Morgan fingerprint density at radius 3 is 3.00 bits per heavy atom. The number of aromatic hydroxyl groups is 1. The number of hydrogen-bond donors (Lipinski definition) is 1. The van der Waals surface area contributed by atoms with Gasteiger partial charge in [0.05, 0.1) is 32.1 Å². The van der Waals surface area contributed by atoms with Gasteiger partial charge in [-0.1, -0.05) is 6.07 Å². The van der Waals surface area contributed by atoms with E-state index in [9.17, 15) is 9.90 Å². The maximum atomic E-state index is 12.6. The smallest absolute Gasteiger partial charge is 0.174 e. The zero-order valence-corrected chi connectivity index (χ0v) is 13.1. The van der Waals surface area contributed by atoms with Gasteiger partial charge in [0.2, 0.25) is 0 Å². The number of benzene rings is 1. The van der Waals surface area contributed by atoms with Gasteiger partial charge in [0.25, 0.3) is 0 Å². The maximum Gasteiger partial charge on any atom is 0.174 e. The summed E-state index contributed by atoms with van der Waals surface area (Å²) in [4.78, 5) is 12.6. The predicted molar refractivity (Wildman–Crippen MR) is 81.0 cm³/mol. The summed E-state index contributed by atoms with van der Waals surface area (Å²) in [6.45, 7) is 1.07. The second-order valence-electron chi connectivity index (χ2n) is 8.12. The van der Waals surface area contributed by atoms with E-state index in [-0.39, 0.29) is 23.1 Å². The summed E-state index contributed by atoms with van der Waals surface area (Å²) in [5.41, 5.74) is 2.29. The number of ketones is 1. The van der Waals surface area contributed by atoms with Gasteiger partial charge in [0, 0.05) is 30.7 Å². The number of quaternary nitrogens is 1. The molecular weight excluding hydrogens is 278 g/mol. The van der Waals surface area contributed by atoms with Crippen LogP contribution in [0, 0.1) is 5.92 Å². The van der Waals surface area contributed by atoms with E-state index < -0.39 is 0 Å². The van der Waals surface area contributed by atoms with Crippen LogP contribution in [0.25, 0.3) is 0 Å². The van der Waals surface area contributed by atoms with Crippen LogP contribution in [0.3, 0.4) is 0 Å². The molecule has 4 unspecified atom stereocenters. The Morgan fingerprint density at radius 1 is 1.36 bits per heavy atom. The molecule has 4 atom stereocenters. The van der Waals surface area contributed by atoms with Crippen molar-refractivity contribution in [3.63, 3.8) is 0 Å². The van der Waals surface area contributed by atoms with E-state index in [4.69, 9.17) is 4.74 Å². The van der Waals surface area contributed by atoms with Gasteiger partial charge in [-0.25, -0.2) is 0 Å². The molecular formula is C18H22NO3+. The molecule has 1 aromatic carbocycles. The lowest BCUT2D eigenvalue weighted by molar-refractivity contribution is -0.927. The number of carbonyl (C=O) groups excluding carboxylic acids is 1. The Labute approximate surface area is 130 Å². The molecule has 22 heavy (non-hydrogen) atoms. The minimum Gasteiger partial charge on any atom is -0.504 e. The number of Topliss-reactive ketones (excluding diaryl/α,β-unsaturated/α-hetero) is 1. The molecule has 2 bridgehead atoms. The van der Waals surface area contributed by atoms with Gasteiger partial charge in [-0.2, -0.15) is 0 Å². The molecule has 5 rings (SSSR count). The molecule has 0 amide bonds. The second-order valence-corrected chi connectivity index (χ2v) is 8.12. The van der Waals surface area contributed by atoms with Crippen molar-refractivity contribution < 1.29 is 19.1 Å². The summed E-state index contributed by atoms with van der Waals surface area (Å²) in [6, 6.07) is 4.34. The van der Waals surface area contributed by atoms with Crippen LogP contribution >= 0.6 is 0 Å². The second kappa shape index (κ2) is 3.67. The van der Waals surface area contributed by atoms with Crippen molar-refractivity contribution in [1.82, 2.24) is 0 Å². The van der Waals surface area contributed by atoms with E-state index in [0.29, 0.717) is 24.1 Å². The first-order chi connectivity index (χ1) is 10.4. The van der Waals surface area contributed by atoms with Gasteiger partial charge in [-0.05, 0) is 18.1 Å². The van der Waals surface area contributed by atoms with Gasteiger partial charge in [-0.3, -0.25) is 4.79 Å². The van der Waals surface area contributed by atoms with E-state index in [0.717, 1.165) is 30.3 Å². The highest BCUT2D eigenvalue weighted by Gasteiger charge is 2.68. The summed E-state index contributed by atoms with van der Waals surface area (Å²) in [5, 5.41) is 10.3. The normalized spacial score (nSPS) is 40.1. The van der Waals surface area contributed by atoms with E-state index >= 15 is 0 Å². The Kier molecular flexibility index (Phi) is 2.16. The van der Waals surface area contributed by atoms with Crippen LogP contribution in [0.15, 0.2) is 12.1 Å². The van der Waals surface area contributed by atoms with E-state index in [1.165, 1.54) is 11.1 Å². The van der Waals surface area contributed by atoms with Crippen LogP contribution in [0.4, 0.5) is 0 Å². The number of ether oxygens (including phenoxy) is 1. The molecule has 1 spiro atoms. The SMILES string of the molecule is C[N+]1(C)CCC23c4c5ccc(O)c4OC2C(=O)CCC3C1C5. The van der Waals surface area contributed by atoms with Gasteiger partial charge >= 0.3 is 0 Å². The summed E-state index contributed by atoms with van der Waals surface area (Å²) < 4.78 is 7.11. The highest BCUT2D eigenvalue weighted by Crippen LogP contribution is 2.63. The number of phenolic OH excluding ortho intramolecular Hbond substituents is 1.